The molecular formula is C13H16N2O3S. The fraction of sp³-hybridized carbons (Fsp3) is 0.231. The summed E-state index contributed by atoms with van der Waals surface area (Å²) in [5.41, 5.74) is 7.83. The Balaban J connectivity index is 3.10. The predicted molar refractivity (Wildman–Crippen MR) is 76.7 cm³/mol. The minimum Gasteiger partial charge on any atom is -0.486 e. The number of allylic oxidation sites excluding steroid dienone is 1. The van der Waals surface area contributed by atoms with Crippen LogP contribution < -0.4 is 15.8 Å². The standard InChI is InChI=1S/C13H16N2O3S/c1-9(14)13(19)10-2-3-11(7-15-8-17)12(6-10)18-5-4-16/h2-4,6,8,19H,5,7,14H2,1H3,(H,15,17)/b13-9-. The molecule has 19 heavy (non-hydrogen) atoms. The number of hydrogen-bond donors (Lipinski definition) is 3. The number of nitrogens with one attached hydrogen (secondary N) is 1. The molecule has 0 spiro atoms. The molecule has 1 amide bonds. The molecule has 0 saturated carbocycles. The second kappa shape index (κ2) is 7.48. The zero-order chi connectivity index (χ0) is 14.3. The topological polar surface area (TPSA) is 81.4 Å². The second-order valence-electron chi connectivity index (χ2n) is 3.83. The first kappa shape index (κ1) is 15.1. The van der Waals surface area contributed by atoms with Gasteiger partial charge >= 0.3 is 0 Å². The Morgan fingerprint density at radius 1 is 1.47 bits per heavy atom. The summed E-state index contributed by atoms with van der Waals surface area (Å²) in [5.74, 6) is 0.520. The summed E-state index contributed by atoms with van der Waals surface area (Å²) < 4.78 is 5.33. The fourth-order valence-corrected chi connectivity index (χ4v) is 1.62. The molecule has 0 aliphatic rings. The van der Waals surface area contributed by atoms with Crippen molar-refractivity contribution in [3.8, 4) is 5.75 Å². The maximum atomic E-state index is 10.4. The third-order valence-electron chi connectivity index (χ3n) is 2.40. The lowest BCUT2D eigenvalue weighted by Crippen LogP contribution is -2.12. The minimum atomic E-state index is -0.0508. The van der Waals surface area contributed by atoms with Crippen LogP contribution in [0.1, 0.15) is 18.1 Å². The number of amides is 1. The molecule has 0 saturated heterocycles. The van der Waals surface area contributed by atoms with Gasteiger partial charge < -0.3 is 15.8 Å². The van der Waals surface area contributed by atoms with Gasteiger partial charge in [-0.3, -0.25) is 9.59 Å². The van der Waals surface area contributed by atoms with E-state index in [0.29, 0.717) is 35.6 Å². The summed E-state index contributed by atoms with van der Waals surface area (Å²) in [6.07, 6.45) is 1.26. The fourth-order valence-electron chi connectivity index (χ4n) is 1.49. The molecule has 5 nitrogen and oxygen atoms in total. The number of carbonyl (C=O) groups excluding carboxylic acids is 2. The maximum Gasteiger partial charge on any atom is 0.207 e. The molecule has 102 valence electrons. The molecular weight excluding hydrogens is 264 g/mol. The number of nitrogens with two attached hydrogens (primary N) is 1. The molecule has 0 atom stereocenters. The van der Waals surface area contributed by atoms with Gasteiger partial charge in [-0.1, -0.05) is 12.1 Å². The Hall–Kier alpha value is -1.95. The third-order valence-corrected chi connectivity index (χ3v) is 3.01. The van der Waals surface area contributed by atoms with Crippen LogP contribution in [0.15, 0.2) is 23.9 Å². The molecule has 0 bridgehead atoms. The van der Waals surface area contributed by atoms with Crippen LogP contribution in [0.25, 0.3) is 4.91 Å². The van der Waals surface area contributed by atoms with Crippen LogP contribution in [0.5, 0.6) is 5.75 Å². The number of carbonyl (C=O) groups is 2. The predicted octanol–water partition coefficient (Wildman–Crippen LogP) is 1.09. The summed E-state index contributed by atoms with van der Waals surface area (Å²) in [5, 5.41) is 2.55. The molecule has 0 aliphatic heterocycles. The van der Waals surface area contributed by atoms with Crippen molar-refractivity contribution in [2.45, 2.75) is 13.5 Å². The van der Waals surface area contributed by atoms with Crippen LogP contribution >= 0.6 is 12.6 Å². The van der Waals surface area contributed by atoms with E-state index < -0.39 is 0 Å². The van der Waals surface area contributed by atoms with Crippen molar-refractivity contribution in [3.05, 3.63) is 35.0 Å². The Labute approximate surface area is 117 Å². The molecule has 0 radical (unpaired) electrons. The maximum absolute atomic E-state index is 10.4. The van der Waals surface area contributed by atoms with Gasteiger partial charge in [-0.25, -0.2) is 0 Å². The Morgan fingerprint density at radius 2 is 2.21 bits per heavy atom. The second-order valence-corrected chi connectivity index (χ2v) is 4.28. The molecule has 0 unspecified atom stereocenters. The van der Waals surface area contributed by atoms with Gasteiger partial charge in [0.1, 0.15) is 12.4 Å². The van der Waals surface area contributed by atoms with Gasteiger partial charge in [-0.2, -0.15) is 0 Å². The van der Waals surface area contributed by atoms with Crippen LogP contribution in [-0.2, 0) is 16.1 Å². The molecule has 0 fully saturated rings. The number of hydrogen-bond acceptors (Lipinski definition) is 5. The van der Waals surface area contributed by atoms with Crippen molar-refractivity contribution in [3.63, 3.8) is 0 Å². The van der Waals surface area contributed by atoms with Crippen molar-refractivity contribution < 1.29 is 14.3 Å². The van der Waals surface area contributed by atoms with Crippen molar-refractivity contribution in [1.29, 1.82) is 0 Å². The van der Waals surface area contributed by atoms with Crippen LogP contribution in [0, 0.1) is 0 Å². The van der Waals surface area contributed by atoms with E-state index in [1.54, 1.807) is 19.1 Å². The van der Waals surface area contributed by atoms with Gasteiger partial charge in [0.2, 0.25) is 6.41 Å². The Bertz CT molecular complexity index is 497. The Kier molecular flexibility index (Phi) is 5.95. The number of ether oxygens (including phenoxy) is 1. The van der Waals surface area contributed by atoms with Crippen molar-refractivity contribution in [1.82, 2.24) is 5.32 Å². The zero-order valence-corrected chi connectivity index (χ0v) is 11.4. The lowest BCUT2D eigenvalue weighted by atomic mass is 10.1. The van der Waals surface area contributed by atoms with Crippen molar-refractivity contribution in [2.24, 2.45) is 5.73 Å². The monoisotopic (exact) mass is 280 g/mol. The average Bonchev–Trinajstić information content (AvgIpc) is 2.42. The molecule has 3 N–H and O–H groups in total. The first-order valence-corrected chi connectivity index (χ1v) is 6.07. The number of aldehydes is 1. The van der Waals surface area contributed by atoms with Gasteiger partial charge in [0.05, 0.1) is 0 Å². The SMILES string of the molecule is C/C(N)=C(/S)c1ccc(CNC=O)c(OCC=O)c1. The average molecular weight is 280 g/mol. The van der Waals surface area contributed by atoms with E-state index in [2.05, 4.69) is 17.9 Å². The molecule has 0 aromatic heterocycles. The lowest BCUT2D eigenvalue weighted by molar-refractivity contribution is -0.110. The smallest absolute Gasteiger partial charge is 0.207 e. The number of benzene rings is 1. The van der Waals surface area contributed by atoms with E-state index in [1.165, 1.54) is 0 Å². The van der Waals surface area contributed by atoms with E-state index in [0.717, 1.165) is 11.1 Å². The number of thiol groups is 1. The van der Waals surface area contributed by atoms with Gasteiger partial charge in [0.15, 0.2) is 6.29 Å². The van der Waals surface area contributed by atoms with E-state index in [1.807, 2.05) is 6.07 Å². The van der Waals surface area contributed by atoms with Crippen LogP contribution in [0.4, 0.5) is 0 Å². The normalized spacial score (nSPS) is 11.5. The molecule has 0 aliphatic carbocycles. The molecule has 6 heteroatoms. The van der Waals surface area contributed by atoms with E-state index in [9.17, 15) is 9.59 Å². The van der Waals surface area contributed by atoms with Gasteiger partial charge in [-0.15, -0.1) is 12.6 Å². The van der Waals surface area contributed by atoms with Crippen LogP contribution in [0.2, 0.25) is 0 Å². The Morgan fingerprint density at radius 3 is 2.79 bits per heavy atom. The van der Waals surface area contributed by atoms with Gasteiger partial charge in [0, 0.05) is 22.7 Å². The summed E-state index contributed by atoms with van der Waals surface area (Å²) in [4.78, 5) is 21.4. The van der Waals surface area contributed by atoms with E-state index in [4.69, 9.17) is 10.5 Å². The first-order chi connectivity index (χ1) is 9.10. The molecule has 1 aromatic carbocycles. The molecule has 1 rings (SSSR count). The third kappa shape index (κ3) is 4.33. The molecule has 0 heterocycles. The summed E-state index contributed by atoms with van der Waals surface area (Å²) in [6, 6.07) is 5.36. The first-order valence-electron chi connectivity index (χ1n) is 5.62. The van der Waals surface area contributed by atoms with Gasteiger partial charge in [0.25, 0.3) is 0 Å². The highest BCUT2D eigenvalue weighted by atomic mass is 32.1. The highest BCUT2D eigenvalue weighted by Gasteiger charge is 2.07. The van der Waals surface area contributed by atoms with Crippen LogP contribution in [0.3, 0.4) is 0 Å². The highest BCUT2D eigenvalue weighted by molar-refractivity contribution is 7.90. The highest BCUT2D eigenvalue weighted by Crippen LogP contribution is 2.27. The zero-order valence-electron chi connectivity index (χ0n) is 10.6. The molecule has 1 aromatic rings. The summed E-state index contributed by atoms with van der Waals surface area (Å²) in [7, 11) is 0. The van der Waals surface area contributed by atoms with E-state index >= 15 is 0 Å². The minimum absolute atomic E-state index is 0.0508. The van der Waals surface area contributed by atoms with Gasteiger partial charge in [-0.05, 0) is 18.6 Å². The largest absolute Gasteiger partial charge is 0.486 e. The van der Waals surface area contributed by atoms with Crippen molar-refractivity contribution >= 4 is 30.2 Å². The van der Waals surface area contributed by atoms with Crippen molar-refractivity contribution in [2.75, 3.05) is 6.61 Å². The summed E-state index contributed by atoms with van der Waals surface area (Å²) in [6.45, 7) is 2.02. The summed E-state index contributed by atoms with van der Waals surface area (Å²) >= 11 is 4.32. The quantitative estimate of drug-likeness (QED) is 0.516. The van der Waals surface area contributed by atoms with Crippen LogP contribution in [-0.4, -0.2) is 19.3 Å². The van der Waals surface area contributed by atoms with E-state index in [-0.39, 0.29) is 6.61 Å². The number of rotatable bonds is 7. The lowest BCUT2D eigenvalue weighted by Gasteiger charge is -2.12.